The number of nitrogens with one attached hydrogen (secondary N) is 1. The summed E-state index contributed by atoms with van der Waals surface area (Å²) in [5.41, 5.74) is -0.526. The molecule has 0 saturated carbocycles. The first-order valence-corrected chi connectivity index (χ1v) is 5.18. The Balaban J connectivity index is 4.04. The lowest BCUT2D eigenvalue weighted by atomic mass is 10.2. The SMILES string of the molecule is CC(C)(C)OC(=O)NC(/C=C/Br)CO. The quantitative estimate of drug-likeness (QED) is 0.818. The van der Waals surface area contributed by atoms with Crippen LogP contribution in [0.4, 0.5) is 4.79 Å². The van der Waals surface area contributed by atoms with Crippen molar-refractivity contribution in [2.45, 2.75) is 32.4 Å². The molecule has 0 aromatic heterocycles. The van der Waals surface area contributed by atoms with Gasteiger partial charge in [-0.3, -0.25) is 0 Å². The average Bonchev–Trinajstić information content (AvgIpc) is 2.00. The van der Waals surface area contributed by atoms with Gasteiger partial charge in [0.1, 0.15) is 5.60 Å². The summed E-state index contributed by atoms with van der Waals surface area (Å²) in [5.74, 6) is 0. The minimum absolute atomic E-state index is 0.165. The number of ether oxygens (including phenoxy) is 1. The van der Waals surface area contributed by atoms with Gasteiger partial charge in [0.2, 0.25) is 0 Å². The van der Waals surface area contributed by atoms with E-state index in [1.807, 2.05) is 0 Å². The third kappa shape index (κ3) is 6.91. The van der Waals surface area contributed by atoms with Crippen LogP contribution < -0.4 is 5.32 Å². The highest BCUT2D eigenvalue weighted by atomic mass is 79.9. The number of aliphatic hydroxyl groups is 1. The summed E-state index contributed by atoms with van der Waals surface area (Å²) in [6, 6.07) is -0.427. The number of halogens is 1. The van der Waals surface area contributed by atoms with E-state index in [2.05, 4.69) is 21.2 Å². The first kappa shape index (κ1) is 13.4. The summed E-state index contributed by atoms with van der Waals surface area (Å²) in [6.45, 7) is 5.17. The molecule has 1 amide bonds. The van der Waals surface area contributed by atoms with Crippen molar-refractivity contribution in [1.82, 2.24) is 5.32 Å². The lowest BCUT2D eigenvalue weighted by Gasteiger charge is -2.21. The molecule has 0 saturated heterocycles. The molecule has 0 spiro atoms. The minimum atomic E-state index is -0.540. The molecule has 0 aromatic carbocycles. The maximum Gasteiger partial charge on any atom is 0.408 e. The Morgan fingerprint density at radius 2 is 2.21 bits per heavy atom. The monoisotopic (exact) mass is 265 g/mol. The van der Waals surface area contributed by atoms with E-state index in [1.54, 1.807) is 31.8 Å². The largest absolute Gasteiger partial charge is 0.444 e. The van der Waals surface area contributed by atoms with Crippen LogP contribution in [0.5, 0.6) is 0 Å². The second kappa shape index (κ2) is 6.03. The van der Waals surface area contributed by atoms with Crippen LogP contribution in [0.3, 0.4) is 0 Å². The normalized spacial score (nSPS) is 14.1. The van der Waals surface area contributed by atoms with Crippen molar-refractivity contribution in [3.63, 3.8) is 0 Å². The maximum atomic E-state index is 11.2. The second-order valence-corrected chi connectivity index (χ2v) is 4.28. The molecular weight excluding hydrogens is 250 g/mol. The van der Waals surface area contributed by atoms with Crippen molar-refractivity contribution in [1.29, 1.82) is 0 Å². The number of aliphatic hydroxyl groups excluding tert-OH is 1. The highest BCUT2D eigenvalue weighted by Gasteiger charge is 2.17. The van der Waals surface area contributed by atoms with E-state index in [9.17, 15) is 4.79 Å². The van der Waals surface area contributed by atoms with E-state index >= 15 is 0 Å². The first-order chi connectivity index (χ1) is 6.39. The van der Waals surface area contributed by atoms with Crippen molar-refractivity contribution in [3.8, 4) is 0 Å². The molecule has 14 heavy (non-hydrogen) atoms. The number of rotatable bonds is 3. The zero-order chi connectivity index (χ0) is 11.2. The Hall–Kier alpha value is -0.550. The third-order valence-electron chi connectivity index (χ3n) is 1.20. The summed E-state index contributed by atoms with van der Waals surface area (Å²) in [7, 11) is 0. The molecule has 1 unspecified atom stereocenters. The molecule has 0 aliphatic heterocycles. The third-order valence-corrected chi connectivity index (χ3v) is 1.51. The number of hydrogen-bond acceptors (Lipinski definition) is 3. The lowest BCUT2D eigenvalue weighted by Crippen LogP contribution is -2.39. The summed E-state index contributed by atoms with van der Waals surface area (Å²) in [5, 5.41) is 11.4. The van der Waals surface area contributed by atoms with Gasteiger partial charge in [-0.05, 0) is 25.8 Å². The smallest absolute Gasteiger partial charge is 0.408 e. The van der Waals surface area contributed by atoms with Crippen molar-refractivity contribution < 1.29 is 14.6 Å². The van der Waals surface area contributed by atoms with Crippen LogP contribution in [0.25, 0.3) is 0 Å². The molecule has 0 heterocycles. The molecule has 2 N–H and O–H groups in total. The van der Waals surface area contributed by atoms with E-state index in [4.69, 9.17) is 9.84 Å². The van der Waals surface area contributed by atoms with Gasteiger partial charge in [-0.25, -0.2) is 4.79 Å². The molecular formula is C9H16BrNO3. The van der Waals surface area contributed by atoms with Crippen LogP contribution in [-0.4, -0.2) is 29.4 Å². The molecule has 0 fully saturated rings. The fourth-order valence-corrected chi connectivity index (χ4v) is 1.07. The summed E-state index contributed by atoms with van der Waals surface area (Å²) >= 11 is 3.06. The van der Waals surface area contributed by atoms with Gasteiger partial charge >= 0.3 is 6.09 Å². The van der Waals surface area contributed by atoms with Crippen molar-refractivity contribution >= 4 is 22.0 Å². The first-order valence-electron chi connectivity index (χ1n) is 4.26. The molecule has 0 aliphatic rings. The number of hydrogen-bond donors (Lipinski definition) is 2. The Kier molecular flexibility index (Phi) is 5.79. The molecule has 0 bridgehead atoms. The van der Waals surface area contributed by atoms with Crippen LogP contribution in [-0.2, 0) is 4.74 Å². The van der Waals surface area contributed by atoms with Gasteiger partial charge in [0.05, 0.1) is 12.6 Å². The number of alkyl carbamates (subject to hydrolysis) is 1. The Morgan fingerprint density at radius 1 is 1.64 bits per heavy atom. The molecule has 0 aliphatic carbocycles. The highest BCUT2D eigenvalue weighted by molar-refractivity contribution is 9.11. The highest BCUT2D eigenvalue weighted by Crippen LogP contribution is 2.06. The Bertz CT molecular complexity index is 211. The summed E-state index contributed by atoms with van der Waals surface area (Å²) in [6.07, 6.45) is 1.08. The zero-order valence-electron chi connectivity index (χ0n) is 8.58. The minimum Gasteiger partial charge on any atom is -0.444 e. The van der Waals surface area contributed by atoms with Crippen LogP contribution in [0.1, 0.15) is 20.8 Å². The topological polar surface area (TPSA) is 58.6 Å². The fourth-order valence-electron chi connectivity index (χ4n) is 0.701. The van der Waals surface area contributed by atoms with Gasteiger partial charge < -0.3 is 15.2 Å². The van der Waals surface area contributed by atoms with E-state index in [-0.39, 0.29) is 6.61 Å². The number of carbonyl (C=O) groups is 1. The van der Waals surface area contributed by atoms with E-state index in [1.165, 1.54) is 0 Å². The van der Waals surface area contributed by atoms with Gasteiger partial charge in [0, 0.05) is 0 Å². The van der Waals surface area contributed by atoms with Gasteiger partial charge in [-0.2, -0.15) is 0 Å². The second-order valence-electron chi connectivity index (χ2n) is 3.75. The van der Waals surface area contributed by atoms with Crippen LogP contribution in [0, 0.1) is 0 Å². The van der Waals surface area contributed by atoms with Crippen molar-refractivity contribution in [2.24, 2.45) is 0 Å². The van der Waals surface area contributed by atoms with Crippen molar-refractivity contribution in [2.75, 3.05) is 6.61 Å². The van der Waals surface area contributed by atoms with E-state index < -0.39 is 17.7 Å². The fraction of sp³-hybridized carbons (Fsp3) is 0.667. The van der Waals surface area contributed by atoms with Gasteiger partial charge in [0.15, 0.2) is 0 Å². The molecule has 5 heteroatoms. The Morgan fingerprint density at radius 3 is 2.57 bits per heavy atom. The van der Waals surface area contributed by atoms with Crippen LogP contribution in [0.2, 0.25) is 0 Å². The maximum absolute atomic E-state index is 11.2. The molecule has 0 aromatic rings. The lowest BCUT2D eigenvalue weighted by molar-refractivity contribution is 0.0498. The summed E-state index contributed by atoms with van der Waals surface area (Å²) < 4.78 is 5.01. The Labute approximate surface area is 92.5 Å². The van der Waals surface area contributed by atoms with Gasteiger partial charge in [0.25, 0.3) is 0 Å². The van der Waals surface area contributed by atoms with Crippen molar-refractivity contribution in [3.05, 3.63) is 11.1 Å². The van der Waals surface area contributed by atoms with Crippen LogP contribution in [0.15, 0.2) is 11.1 Å². The van der Waals surface area contributed by atoms with Crippen LogP contribution >= 0.6 is 15.9 Å². The number of carbonyl (C=O) groups excluding carboxylic acids is 1. The molecule has 1 atom stereocenters. The number of amides is 1. The van der Waals surface area contributed by atoms with Gasteiger partial charge in [-0.15, -0.1) is 0 Å². The molecule has 0 rings (SSSR count). The predicted octanol–water partition coefficient (Wildman–Crippen LogP) is 1.78. The summed E-state index contributed by atoms with van der Waals surface area (Å²) in [4.78, 5) is 12.8. The van der Waals surface area contributed by atoms with Gasteiger partial charge in [-0.1, -0.05) is 22.0 Å². The van der Waals surface area contributed by atoms with E-state index in [0.29, 0.717) is 0 Å². The molecule has 0 radical (unpaired) electrons. The molecule has 4 nitrogen and oxygen atoms in total. The molecule has 82 valence electrons. The standard InChI is InChI=1S/C9H16BrNO3/c1-9(2,3)14-8(13)11-7(6-12)4-5-10/h4-5,7,12H,6H2,1-3H3,(H,11,13)/b5-4+. The average molecular weight is 266 g/mol. The predicted molar refractivity (Wildman–Crippen MR) is 58.3 cm³/mol. The zero-order valence-corrected chi connectivity index (χ0v) is 10.2. The van der Waals surface area contributed by atoms with E-state index in [0.717, 1.165) is 0 Å².